The molecule has 0 atom stereocenters. The van der Waals surface area contributed by atoms with Crippen LogP contribution in [-0.2, 0) is 4.79 Å². The Kier molecular flexibility index (Phi) is 3.77. The summed E-state index contributed by atoms with van der Waals surface area (Å²) in [7, 11) is 0. The van der Waals surface area contributed by atoms with E-state index in [-0.39, 0.29) is 0 Å². The maximum absolute atomic E-state index is 10.7. The van der Waals surface area contributed by atoms with Crippen LogP contribution in [-0.4, -0.2) is 42.5 Å². The Bertz CT molecular complexity index is 355. The van der Waals surface area contributed by atoms with Gasteiger partial charge >= 0.3 is 0 Å². The molecule has 1 aromatic rings. The van der Waals surface area contributed by atoms with Crippen LogP contribution < -0.4 is 4.90 Å². The van der Waals surface area contributed by atoms with Gasteiger partial charge in [0.05, 0.1) is 0 Å². The lowest BCUT2D eigenvalue weighted by Gasteiger charge is -2.21. The minimum Gasteiger partial charge on any atom is -0.355 e. The van der Waals surface area contributed by atoms with Crippen LogP contribution in [0.5, 0.6) is 0 Å². The second kappa shape index (κ2) is 5.30. The summed E-state index contributed by atoms with van der Waals surface area (Å²) in [5.74, 6) is 0.982. The Morgan fingerprint density at radius 3 is 2.81 bits per heavy atom. The zero-order valence-corrected chi connectivity index (χ0v) is 10.6. The van der Waals surface area contributed by atoms with Crippen molar-refractivity contribution in [2.24, 2.45) is 0 Å². The maximum atomic E-state index is 10.7. The zero-order valence-electron chi connectivity index (χ0n) is 8.97. The van der Waals surface area contributed by atoms with Crippen molar-refractivity contribution in [2.45, 2.75) is 6.42 Å². The molecule has 2 rings (SSSR count). The maximum Gasteiger partial charge on any atom is 0.209 e. The van der Waals surface area contributed by atoms with E-state index >= 15 is 0 Å². The summed E-state index contributed by atoms with van der Waals surface area (Å²) in [5.41, 5.74) is 0. The smallest absolute Gasteiger partial charge is 0.209 e. The highest BCUT2D eigenvalue weighted by molar-refractivity contribution is 9.10. The molecule has 1 aromatic heterocycles. The average Bonchev–Trinajstić information content (AvgIpc) is 2.55. The predicted octanol–water partition coefficient (Wildman–Crippen LogP) is 1.51. The van der Waals surface area contributed by atoms with Gasteiger partial charge in [-0.1, -0.05) is 0 Å². The van der Waals surface area contributed by atoms with Gasteiger partial charge in [0.1, 0.15) is 5.82 Å². The van der Waals surface area contributed by atoms with Crippen molar-refractivity contribution in [3.8, 4) is 0 Å². The first-order valence-electron chi connectivity index (χ1n) is 5.35. The molecule has 86 valence electrons. The molecule has 0 unspecified atom stereocenters. The molecule has 1 aliphatic heterocycles. The van der Waals surface area contributed by atoms with Crippen LogP contribution in [0.25, 0.3) is 0 Å². The molecule has 0 aromatic carbocycles. The fourth-order valence-corrected chi connectivity index (χ4v) is 2.06. The van der Waals surface area contributed by atoms with Crippen molar-refractivity contribution in [1.29, 1.82) is 0 Å². The lowest BCUT2D eigenvalue weighted by Crippen LogP contribution is -2.30. The van der Waals surface area contributed by atoms with E-state index in [4.69, 9.17) is 0 Å². The molecule has 1 fully saturated rings. The van der Waals surface area contributed by atoms with E-state index in [1.807, 2.05) is 17.0 Å². The summed E-state index contributed by atoms with van der Waals surface area (Å²) >= 11 is 3.37. The summed E-state index contributed by atoms with van der Waals surface area (Å²) < 4.78 is 0.987. The quantitative estimate of drug-likeness (QED) is 0.772. The van der Waals surface area contributed by atoms with Crippen molar-refractivity contribution in [3.05, 3.63) is 22.8 Å². The molecule has 16 heavy (non-hydrogen) atoms. The molecule has 0 spiro atoms. The van der Waals surface area contributed by atoms with Gasteiger partial charge in [0.15, 0.2) is 0 Å². The topological polar surface area (TPSA) is 36.4 Å². The van der Waals surface area contributed by atoms with E-state index in [9.17, 15) is 4.79 Å². The number of hydrogen-bond acceptors (Lipinski definition) is 3. The van der Waals surface area contributed by atoms with Gasteiger partial charge in [0.25, 0.3) is 0 Å². The molecule has 0 bridgehead atoms. The summed E-state index contributed by atoms with van der Waals surface area (Å²) in [5, 5.41) is 0. The first-order valence-corrected chi connectivity index (χ1v) is 6.15. The van der Waals surface area contributed by atoms with Gasteiger partial charge in [0.2, 0.25) is 6.41 Å². The zero-order chi connectivity index (χ0) is 11.4. The normalized spacial score (nSPS) is 17.1. The summed E-state index contributed by atoms with van der Waals surface area (Å²) in [6.07, 6.45) is 3.73. The number of halogens is 1. The molecule has 2 heterocycles. The van der Waals surface area contributed by atoms with Crippen molar-refractivity contribution >= 4 is 28.2 Å². The molecule has 0 aliphatic carbocycles. The van der Waals surface area contributed by atoms with Gasteiger partial charge in [0, 0.05) is 36.8 Å². The largest absolute Gasteiger partial charge is 0.355 e. The molecular formula is C11H14BrN3O. The fourth-order valence-electron chi connectivity index (χ4n) is 1.83. The van der Waals surface area contributed by atoms with Crippen molar-refractivity contribution < 1.29 is 4.79 Å². The number of aromatic nitrogens is 1. The van der Waals surface area contributed by atoms with Gasteiger partial charge in [-0.3, -0.25) is 4.79 Å². The second-order valence-electron chi connectivity index (χ2n) is 3.82. The van der Waals surface area contributed by atoms with Gasteiger partial charge in [-0.15, -0.1) is 0 Å². The molecule has 1 amide bonds. The van der Waals surface area contributed by atoms with E-state index in [0.29, 0.717) is 0 Å². The van der Waals surface area contributed by atoms with E-state index in [1.165, 1.54) is 0 Å². The summed E-state index contributed by atoms with van der Waals surface area (Å²) in [6, 6.07) is 3.99. The molecule has 1 saturated heterocycles. The minimum atomic E-state index is 0.779. The molecular weight excluding hydrogens is 270 g/mol. The van der Waals surface area contributed by atoms with E-state index in [0.717, 1.165) is 49.3 Å². The van der Waals surface area contributed by atoms with Gasteiger partial charge in [-0.05, 0) is 34.5 Å². The highest BCUT2D eigenvalue weighted by Crippen LogP contribution is 2.16. The van der Waals surface area contributed by atoms with Gasteiger partial charge in [-0.2, -0.15) is 0 Å². The molecule has 1 aliphatic rings. The third kappa shape index (κ3) is 2.72. The first-order chi connectivity index (χ1) is 7.79. The van der Waals surface area contributed by atoms with Crippen LogP contribution in [0.3, 0.4) is 0 Å². The van der Waals surface area contributed by atoms with Crippen LogP contribution in [0.1, 0.15) is 6.42 Å². The number of anilines is 1. The Labute approximate surface area is 103 Å². The van der Waals surface area contributed by atoms with Crippen LogP contribution in [0.4, 0.5) is 5.82 Å². The number of hydrogen-bond donors (Lipinski definition) is 0. The lowest BCUT2D eigenvalue weighted by molar-refractivity contribution is -0.117. The van der Waals surface area contributed by atoms with Crippen molar-refractivity contribution in [2.75, 3.05) is 31.1 Å². The highest BCUT2D eigenvalue weighted by atomic mass is 79.9. The van der Waals surface area contributed by atoms with Crippen molar-refractivity contribution in [1.82, 2.24) is 9.88 Å². The van der Waals surface area contributed by atoms with Gasteiger partial charge < -0.3 is 9.80 Å². The number of amides is 1. The molecule has 5 heteroatoms. The summed E-state index contributed by atoms with van der Waals surface area (Å²) in [4.78, 5) is 19.1. The van der Waals surface area contributed by atoms with Gasteiger partial charge in [-0.25, -0.2) is 4.98 Å². The third-order valence-electron chi connectivity index (χ3n) is 2.72. The SMILES string of the molecule is O=CN1CCCN(c2ccc(Br)cn2)CC1. The fraction of sp³-hybridized carbons (Fsp3) is 0.455. The van der Waals surface area contributed by atoms with E-state index < -0.39 is 0 Å². The van der Waals surface area contributed by atoms with Crippen LogP contribution in [0, 0.1) is 0 Å². The van der Waals surface area contributed by atoms with Crippen LogP contribution >= 0.6 is 15.9 Å². The molecule has 4 nitrogen and oxygen atoms in total. The summed E-state index contributed by atoms with van der Waals surface area (Å²) in [6.45, 7) is 3.43. The first kappa shape index (κ1) is 11.4. The van der Waals surface area contributed by atoms with Crippen LogP contribution in [0.15, 0.2) is 22.8 Å². The second-order valence-corrected chi connectivity index (χ2v) is 4.73. The van der Waals surface area contributed by atoms with E-state index in [1.54, 1.807) is 6.20 Å². The third-order valence-corrected chi connectivity index (χ3v) is 3.18. The number of rotatable bonds is 2. The minimum absolute atomic E-state index is 0.779. The number of nitrogens with zero attached hydrogens (tertiary/aromatic N) is 3. The molecule has 0 saturated carbocycles. The average molecular weight is 284 g/mol. The molecule has 0 N–H and O–H groups in total. The standard InChI is InChI=1S/C11H14BrN3O/c12-10-2-3-11(13-8-10)15-5-1-4-14(9-16)6-7-15/h2-3,8-9H,1,4-7H2. The van der Waals surface area contributed by atoms with Crippen molar-refractivity contribution in [3.63, 3.8) is 0 Å². The monoisotopic (exact) mass is 283 g/mol. The lowest BCUT2D eigenvalue weighted by atomic mass is 10.3. The Morgan fingerprint density at radius 2 is 2.12 bits per heavy atom. The molecule has 0 radical (unpaired) electrons. The number of carbonyl (C=O) groups is 1. The number of carbonyl (C=O) groups excluding carboxylic acids is 1. The Hall–Kier alpha value is -1.10. The van der Waals surface area contributed by atoms with Crippen LogP contribution in [0.2, 0.25) is 0 Å². The number of pyridine rings is 1. The highest BCUT2D eigenvalue weighted by Gasteiger charge is 2.14. The Morgan fingerprint density at radius 1 is 1.25 bits per heavy atom. The predicted molar refractivity (Wildman–Crippen MR) is 66.4 cm³/mol. The Balaban J connectivity index is 2.04. The van der Waals surface area contributed by atoms with E-state index in [2.05, 4.69) is 25.8 Å².